The maximum atomic E-state index is 12.8. The normalized spacial score (nSPS) is 28.8. The van der Waals surface area contributed by atoms with Crippen molar-refractivity contribution in [2.45, 2.75) is 70.1 Å². The number of hydrogen-bond acceptors (Lipinski definition) is 2. The first kappa shape index (κ1) is 16.6. The summed E-state index contributed by atoms with van der Waals surface area (Å²) < 4.78 is 38.5. The molecule has 0 saturated heterocycles. The third-order valence-electron chi connectivity index (χ3n) is 4.82. The summed E-state index contributed by atoms with van der Waals surface area (Å²) in [5.74, 6) is -0.615. The van der Waals surface area contributed by atoms with Gasteiger partial charge in [-0.05, 0) is 38.5 Å². The molecule has 122 valence electrons. The zero-order chi connectivity index (χ0) is 15.6. The molecule has 0 radical (unpaired) electrons. The van der Waals surface area contributed by atoms with Gasteiger partial charge in [0.25, 0.3) is 0 Å². The molecular weight excluding hydrogens is 281 g/mol. The van der Waals surface area contributed by atoms with Gasteiger partial charge in [-0.1, -0.05) is 19.3 Å². The van der Waals surface area contributed by atoms with Gasteiger partial charge in [0.2, 0.25) is 5.91 Å². The molecule has 6 heteroatoms. The lowest BCUT2D eigenvalue weighted by Gasteiger charge is -2.34. The number of amides is 1. The molecule has 2 saturated carbocycles. The maximum absolute atomic E-state index is 12.8. The van der Waals surface area contributed by atoms with E-state index in [1.807, 2.05) is 0 Å². The van der Waals surface area contributed by atoms with Crippen LogP contribution in [0.2, 0.25) is 0 Å². The summed E-state index contributed by atoms with van der Waals surface area (Å²) >= 11 is 0. The molecule has 2 aliphatic rings. The zero-order valence-corrected chi connectivity index (χ0v) is 12.5. The lowest BCUT2D eigenvalue weighted by atomic mass is 9.93. The second kappa shape index (κ2) is 6.55. The molecule has 2 fully saturated rings. The molecular formula is C15H25F3N2O. The Kier molecular flexibility index (Phi) is 5.17. The van der Waals surface area contributed by atoms with Crippen LogP contribution < -0.4 is 5.73 Å². The second-order valence-corrected chi connectivity index (χ2v) is 6.57. The quantitative estimate of drug-likeness (QED) is 0.811. The molecule has 3 nitrogen and oxygen atoms in total. The third kappa shape index (κ3) is 4.59. The van der Waals surface area contributed by atoms with Crippen LogP contribution in [0.3, 0.4) is 0 Å². The van der Waals surface area contributed by atoms with Crippen molar-refractivity contribution in [3.05, 3.63) is 0 Å². The van der Waals surface area contributed by atoms with Gasteiger partial charge in [0, 0.05) is 12.1 Å². The van der Waals surface area contributed by atoms with Crippen LogP contribution in [0.5, 0.6) is 0 Å². The molecule has 2 rings (SSSR count). The molecule has 2 aliphatic carbocycles. The minimum absolute atomic E-state index is 0.221. The van der Waals surface area contributed by atoms with Crippen molar-refractivity contribution in [1.29, 1.82) is 0 Å². The molecule has 0 bridgehead atoms. The highest BCUT2D eigenvalue weighted by molar-refractivity contribution is 5.80. The number of rotatable bonds is 4. The molecule has 3 unspecified atom stereocenters. The van der Waals surface area contributed by atoms with Crippen molar-refractivity contribution in [2.24, 2.45) is 17.6 Å². The fourth-order valence-electron chi connectivity index (χ4n) is 3.30. The van der Waals surface area contributed by atoms with E-state index in [0.717, 1.165) is 43.4 Å². The molecule has 21 heavy (non-hydrogen) atoms. The van der Waals surface area contributed by atoms with Gasteiger partial charge in [-0.3, -0.25) is 4.79 Å². The number of halogens is 3. The van der Waals surface area contributed by atoms with Crippen LogP contribution in [0.1, 0.15) is 51.9 Å². The Balaban J connectivity index is 2.11. The van der Waals surface area contributed by atoms with Crippen molar-refractivity contribution in [2.75, 3.05) is 6.54 Å². The van der Waals surface area contributed by atoms with Gasteiger partial charge in [-0.2, -0.15) is 13.2 Å². The van der Waals surface area contributed by atoms with Gasteiger partial charge in [-0.25, -0.2) is 0 Å². The Morgan fingerprint density at radius 1 is 1.19 bits per heavy atom. The summed E-state index contributed by atoms with van der Waals surface area (Å²) in [6.07, 6.45) is 1.67. The first-order valence-corrected chi connectivity index (χ1v) is 7.92. The van der Waals surface area contributed by atoms with Crippen LogP contribution >= 0.6 is 0 Å². The van der Waals surface area contributed by atoms with E-state index in [1.165, 1.54) is 0 Å². The third-order valence-corrected chi connectivity index (χ3v) is 4.82. The average molecular weight is 306 g/mol. The van der Waals surface area contributed by atoms with E-state index in [4.69, 9.17) is 5.73 Å². The van der Waals surface area contributed by atoms with Crippen LogP contribution in [-0.2, 0) is 4.79 Å². The first-order chi connectivity index (χ1) is 9.79. The SMILES string of the molecule is CC(C1CC1)N(CC(F)(F)F)C(=O)C1CCCCCC1N. The summed E-state index contributed by atoms with van der Waals surface area (Å²) in [5, 5.41) is 0. The molecule has 0 aromatic heterocycles. The topological polar surface area (TPSA) is 46.3 Å². The van der Waals surface area contributed by atoms with E-state index < -0.39 is 18.6 Å². The molecule has 0 spiro atoms. The Bertz CT molecular complexity index is 368. The Morgan fingerprint density at radius 3 is 2.38 bits per heavy atom. The largest absolute Gasteiger partial charge is 0.406 e. The molecule has 3 atom stereocenters. The Morgan fingerprint density at radius 2 is 1.81 bits per heavy atom. The van der Waals surface area contributed by atoms with E-state index in [-0.39, 0.29) is 23.9 Å². The summed E-state index contributed by atoms with van der Waals surface area (Å²) in [5.41, 5.74) is 6.04. The predicted octanol–water partition coefficient (Wildman–Crippen LogP) is 3.08. The predicted molar refractivity (Wildman–Crippen MR) is 74.5 cm³/mol. The van der Waals surface area contributed by atoms with Gasteiger partial charge >= 0.3 is 6.18 Å². The van der Waals surface area contributed by atoms with E-state index in [9.17, 15) is 18.0 Å². The van der Waals surface area contributed by atoms with Crippen molar-refractivity contribution >= 4 is 5.91 Å². The lowest BCUT2D eigenvalue weighted by molar-refractivity contribution is -0.169. The molecule has 2 N–H and O–H groups in total. The molecule has 0 aromatic rings. The highest BCUT2D eigenvalue weighted by Crippen LogP contribution is 2.37. The molecule has 0 heterocycles. The van der Waals surface area contributed by atoms with E-state index in [0.29, 0.717) is 6.42 Å². The van der Waals surface area contributed by atoms with Gasteiger partial charge < -0.3 is 10.6 Å². The van der Waals surface area contributed by atoms with E-state index in [2.05, 4.69) is 0 Å². The van der Waals surface area contributed by atoms with Gasteiger partial charge in [0.15, 0.2) is 0 Å². The summed E-state index contributed by atoms with van der Waals surface area (Å²) in [7, 11) is 0. The highest BCUT2D eigenvalue weighted by atomic mass is 19.4. The average Bonchev–Trinajstić information content (AvgIpc) is 3.20. The number of nitrogens with two attached hydrogens (primary N) is 1. The zero-order valence-electron chi connectivity index (χ0n) is 12.5. The standard InChI is InChI=1S/C15H25F3N2O/c1-10(11-7-8-11)20(9-15(16,17)18)14(21)12-5-3-2-4-6-13(12)19/h10-13H,2-9,19H2,1H3. The number of carbonyl (C=O) groups excluding carboxylic acids is 1. The molecule has 0 aliphatic heterocycles. The lowest BCUT2D eigenvalue weighted by Crippen LogP contribution is -2.51. The maximum Gasteiger partial charge on any atom is 0.406 e. The molecule has 1 amide bonds. The van der Waals surface area contributed by atoms with Crippen molar-refractivity contribution in [3.8, 4) is 0 Å². The van der Waals surface area contributed by atoms with Crippen LogP contribution in [0.15, 0.2) is 0 Å². The van der Waals surface area contributed by atoms with E-state index in [1.54, 1.807) is 6.92 Å². The van der Waals surface area contributed by atoms with Crippen molar-refractivity contribution in [3.63, 3.8) is 0 Å². The van der Waals surface area contributed by atoms with Crippen LogP contribution in [-0.4, -0.2) is 35.6 Å². The van der Waals surface area contributed by atoms with Gasteiger partial charge in [-0.15, -0.1) is 0 Å². The van der Waals surface area contributed by atoms with Gasteiger partial charge in [0.05, 0.1) is 5.92 Å². The number of nitrogens with zero attached hydrogens (tertiary/aromatic N) is 1. The summed E-state index contributed by atoms with van der Waals surface area (Å²) in [4.78, 5) is 13.7. The Hall–Kier alpha value is -0.780. The minimum atomic E-state index is -4.35. The Labute approximate surface area is 124 Å². The van der Waals surface area contributed by atoms with Gasteiger partial charge in [0.1, 0.15) is 6.54 Å². The number of hydrogen-bond donors (Lipinski definition) is 1. The monoisotopic (exact) mass is 306 g/mol. The summed E-state index contributed by atoms with van der Waals surface area (Å²) in [6, 6.07) is -0.642. The highest BCUT2D eigenvalue weighted by Gasteiger charge is 2.43. The smallest absolute Gasteiger partial charge is 0.330 e. The number of alkyl halides is 3. The minimum Gasteiger partial charge on any atom is -0.330 e. The van der Waals surface area contributed by atoms with Crippen LogP contribution in [0.4, 0.5) is 13.2 Å². The summed E-state index contributed by atoms with van der Waals surface area (Å²) in [6.45, 7) is 0.594. The second-order valence-electron chi connectivity index (χ2n) is 6.57. The fraction of sp³-hybridized carbons (Fsp3) is 0.933. The van der Waals surface area contributed by atoms with Crippen molar-refractivity contribution in [1.82, 2.24) is 4.90 Å². The van der Waals surface area contributed by atoms with Crippen molar-refractivity contribution < 1.29 is 18.0 Å². The molecule has 0 aromatic carbocycles. The number of carbonyl (C=O) groups is 1. The van der Waals surface area contributed by atoms with Crippen LogP contribution in [0.25, 0.3) is 0 Å². The van der Waals surface area contributed by atoms with Crippen LogP contribution in [0, 0.1) is 11.8 Å². The first-order valence-electron chi connectivity index (χ1n) is 7.92. The fourth-order valence-corrected chi connectivity index (χ4v) is 3.30. The van der Waals surface area contributed by atoms with E-state index >= 15 is 0 Å².